The SMILES string of the molecule is O=C(CCCN1C(=O)c2ccccc2C1=O)NC[C@@H](c1cccs1)S(=O)(=O)c1ccccc1. The van der Waals surface area contributed by atoms with E-state index in [0.717, 1.165) is 4.90 Å². The molecule has 1 atom stereocenters. The van der Waals surface area contributed by atoms with Gasteiger partial charge in [0.1, 0.15) is 5.25 Å². The van der Waals surface area contributed by atoms with Crippen molar-refractivity contribution >= 4 is 38.9 Å². The second-order valence-electron chi connectivity index (χ2n) is 7.58. The molecule has 3 aromatic rings. The zero-order valence-corrected chi connectivity index (χ0v) is 19.3. The first-order valence-corrected chi connectivity index (χ1v) is 12.9. The van der Waals surface area contributed by atoms with Gasteiger partial charge >= 0.3 is 0 Å². The Hall–Kier alpha value is -3.30. The van der Waals surface area contributed by atoms with Crippen LogP contribution in [-0.2, 0) is 14.6 Å². The van der Waals surface area contributed by atoms with Gasteiger partial charge in [0, 0.05) is 24.4 Å². The van der Waals surface area contributed by atoms with E-state index in [-0.39, 0.29) is 48.5 Å². The molecule has 0 fully saturated rings. The summed E-state index contributed by atoms with van der Waals surface area (Å²) in [6.07, 6.45) is 0.350. The van der Waals surface area contributed by atoms with Crippen LogP contribution in [0.3, 0.4) is 0 Å². The smallest absolute Gasteiger partial charge is 0.261 e. The van der Waals surface area contributed by atoms with Crippen LogP contribution in [-0.4, -0.2) is 44.1 Å². The highest BCUT2D eigenvalue weighted by Crippen LogP contribution is 2.31. The standard InChI is InChI=1S/C24H22N2O5S2/c27-22(13-6-14-26-23(28)18-10-4-5-11-19(18)24(26)29)25-16-21(20-12-7-15-32-20)33(30,31)17-8-2-1-3-9-17/h1-5,7-12,15,21H,6,13-14,16H2,(H,25,27)/t21-/m0/s1. The van der Waals surface area contributed by atoms with Crippen LogP contribution >= 0.6 is 11.3 Å². The van der Waals surface area contributed by atoms with Gasteiger partial charge in [-0.15, -0.1) is 11.3 Å². The fourth-order valence-electron chi connectivity index (χ4n) is 3.75. The number of hydrogen-bond donors (Lipinski definition) is 1. The lowest BCUT2D eigenvalue weighted by molar-refractivity contribution is -0.121. The number of amides is 3. The Balaban J connectivity index is 1.35. The molecular weight excluding hydrogens is 460 g/mol. The molecule has 1 N–H and O–H groups in total. The van der Waals surface area contributed by atoms with Crippen LogP contribution < -0.4 is 5.32 Å². The second kappa shape index (κ2) is 9.68. The van der Waals surface area contributed by atoms with Gasteiger partial charge in [0.05, 0.1) is 16.0 Å². The van der Waals surface area contributed by atoms with Gasteiger partial charge in [0.2, 0.25) is 5.91 Å². The molecule has 3 amide bonds. The third-order valence-electron chi connectivity index (χ3n) is 5.46. The van der Waals surface area contributed by atoms with E-state index in [1.807, 2.05) is 0 Å². The van der Waals surface area contributed by atoms with Gasteiger partial charge in [-0.05, 0) is 42.1 Å². The van der Waals surface area contributed by atoms with E-state index in [9.17, 15) is 22.8 Å². The predicted octanol–water partition coefficient (Wildman–Crippen LogP) is 3.46. The van der Waals surface area contributed by atoms with Gasteiger partial charge in [-0.1, -0.05) is 36.4 Å². The molecule has 0 unspecified atom stereocenters. The zero-order valence-electron chi connectivity index (χ0n) is 17.6. The fraction of sp³-hybridized carbons (Fsp3) is 0.208. The van der Waals surface area contributed by atoms with E-state index in [2.05, 4.69) is 5.32 Å². The van der Waals surface area contributed by atoms with Crippen molar-refractivity contribution in [3.05, 3.63) is 88.1 Å². The van der Waals surface area contributed by atoms with Crippen molar-refractivity contribution in [1.82, 2.24) is 10.2 Å². The number of nitrogens with one attached hydrogen (secondary N) is 1. The summed E-state index contributed by atoms with van der Waals surface area (Å²) in [4.78, 5) is 39.3. The number of rotatable bonds is 9. The van der Waals surface area contributed by atoms with Gasteiger partial charge < -0.3 is 5.32 Å². The van der Waals surface area contributed by atoms with Crippen LogP contribution in [0, 0.1) is 0 Å². The Morgan fingerprint density at radius 2 is 1.55 bits per heavy atom. The maximum Gasteiger partial charge on any atom is 0.261 e. The van der Waals surface area contributed by atoms with E-state index in [4.69, 9.17) is 0 Å². The highest BCUT2D eigenvalue weighted by atomic mass is 32.2. The largest absolute Gasteiger partial charge is 0.354 e. The minimum Gasteiger partial charge on any atom is -0.354 e. The molecule has 4 rings (SSSR count). The molecule has 1 aliphatic rings. The van der Waals surface area contributed by atoms with Gasteiger partial charge in [-0.25, -0.2) is 8.42 Å². The zero-order chi connectivity index (χ0) is 23.4. The maximum absolute atomic E-state index is 13.2. The normalized spacial score (nSPS) is 14.2. The van der Waals surface area contributed by atoms with Gasteiger partial charge in [0.25, 0.3) is 11.8 Å². The summed E-state index contributed by atoms with van der Waals surface area (Å²) in [5.74, 6) is -1.05. The first kappa shape index (κ1) is 22.9. The summed E-state index contributed by atoms with van der Waals surface area (Å²) < 4.78 is 26.4. The van der Waals surface area contributed by atoms with Crippen LogP contribution in [0.15, 0.2) is 77.0 Å². The summed E-state index contributed by atoms with van der Waals surface area (Å²) >= 11 is 1.32. The molecule has 9 heteroatoms. The van der Waals surface area contributed by atoms with Crippen LogP contribution in [0.2, 0.25) is 0 Å². The van der Waals surface area contributed by atoms with Crippen LogP contribution in [0.5, 0.6) is 0 Å². The van der Waals surface area contributed by atoms with E-state index in [1.54, 1.807) is 72.1 Å². The average molecular weight is 483 g/mol. The monoisotopic (exact) mass is 482 g/mol. The number of imide groups is 1. The van der Waals surface area contributed by atoms with Gasteiger partial charge in [-0.3, -0.25) is 19.3 Å². The molecule has 1 aliphatic heterocycles. The van der Waals surface area contributed by atoms with Crippen molar-refractivity contribution in [3.8, 4) is 0 Å². The maximum atomic E-state index is 13.2. The molecular formula is C24H22N2O5S2. The number of sulfone groups is 1. The summed E-state index contributed by atoms with van der Waals surface area (Å²) in [5, 5.41) is 3.61. The molecule has 0 saturated carbocycles. The van der Waals surface area contributed by atoms with Crippen molar-refractivity contribution in [1.29, 1.82) is 0 Å². The molecule has 0 bridgehead atoms. The number of benzene rings is 2. The van der Waals surface area contributed by atoms with Crippen molar-refractivity contribution in [2.24, 2.45) is 0 Å². The van der Waals surface area contributed by atoms with Crippen molar-refractivity contribution < 1.29 is 22.8 Å². The Bertz CT molecular complexity index is 1240. The summed E-state index contributed by atoms with van der Waals surface area (Å²) in [6.45, 7) is 0.0556. The predicted molar refractivity (Wildman–Crippen MR) is 125 cm³/mol. The van der Waals surface area contributed by atoms with Crippen molar-refractivity contribution in [2.45, 2.75) is 23.0 Å². The highest BCUT2D eigenvalue weighted by molar-refractivity contribution is 7.91. The lowest BCUT2D eigenvalue weighted by Crippen LogP contribution is -2.33. The van der Waals surface area contributed by atoms with E-state index in [0.29, 0.717) is 16.0 Å². The molecule has 7 nitrogen and oxygen atoms in total. The van der Waals surface area contributed by atoms with Crippen LogP contribution in [0.1, 0.15) is 43.7 Å². The molecule has 170 valence electrons. The molecule has 33 heavy (non-hydrogen) atoms. The van der Waals surface area contributed by atoms with Crippen LogP contribution in [0.25, 0.3) is 0 Å². The van der Waals surface area contributed by atoms with E-state index < -0.39 is 15.1 Å². The lowest BCUT2D eigenvalue weighted by atomic mass is 10.1. The molecule has 0 aliphatic carbocycles. The third-order valence-corrected chi connectivity index (χ3v) is 8.69. The van der Waals surface area contributed by atoms with E-state index >= 15 is 0 Å². The number of carbonyl (C=O) groups excluding carboxylic acids is 3. The van der Waals surface area contributed by atoms with Gasteiger partial charge in [0.15, 0.2) is 9.84 Å². The number of nitrogens with zero attached hydrogens (tertiary/aromatic N) is 1. The van der Waals surface area contributed by atoms with Crippen molar-refractivity contribution in [2.75, 3.05) is 13.1 Å². The summed E-state index contributed by atoms with van der Waals surface area (Å²) in [6, 6.07) is 18.3. The Morgan fingerprint density at radius 3 is 2.15 bits per heavy atom. The van der Waals surface area contributed by atoms with Crippen LogP contribution in [0.4, 0.5) is 0 Å². The average Bonchev–Trinajstić information content (AvgIpc) is 3.43. The summed E-state index contributed by atoms with van der Waals surface area (Å²) in [7, 11) is -3.70. The number of carbonyl (C=O) groups is 3. The van der Waals surface area contributed by atoms with Gasteiger partial charge in [-0.2, -0.15) is 0 Å². The molecule has 0 radical (unpaired) electrons. The first-order valence-electron chi connectivity index (χ1n) is 10.4. The fourth-order valence-corrected chi connectivity index (χ4v) is 6.55. The summed E-state index contributed by atoms with van der Waals surface area (Å²) in [5.41, 5.74) is 0.744. The highest BCUT2D eigenvalue weighted by Gasteiger charge is 2.35. The molecule has 0 saturated heterocycles. The Kier molecular flexibility index (Phi) is 6.71. The molecule has 1 aromatic heterocycles. The lowest BCUT2D eigenvalue weighted by Gasteiger charge is -2.18. The quantitative estimate of drug-likeness (QED) is 0.471. The first-order chi connectivity index (χ1) is 15.9. The molecule has 2 heterocycles. The Morgan fingerprint density at radius 1 is 0.909 bits per heavy atom. The third kappa shape index (κ3) is 4.74. The van der Waals surface area contributed by atoms with E-state index in [1.165, 1.54) is 11.3 Å². The number of fused-ring (bicyclic) bond motifs is 1. The topological polar surface area (TPSA) is 101 Å². The minimum absolute atomic E-state index is 0.0654. The number of hydrogen-bond acceptors (Lipinski definition) is 6. The molecule has 2 aromatic carbocycles. The minimum atomic E-state index is -3.70. The molecule has 0 spiro atoms. The number of thiophene rings is 1. The van der Waals surface area contributed by atoms with Crippen molar-refractivity contribution in [3.63, 3.8) is 0 Å². The second-order valence-corrected chi connectivity index (χ2v) is 10.7. The Labute approximate surface area is 196 Å².